The highest BCUT2D eigenvalue weighted by molar-refractivity contribution is 6.38. The van der Waals surface area contributed by atoms with E-state index in [1.54, 1.807) is 0 Å². The third-order valence-corrected chi connectivity index (χ3v) is 2.09. The van der Waals surface area contributed by atoms with Crippen LogP contribution in [0.15, 0.2) is 12.1 Å². The van der Waals surface area contributed by atoms with E-state index in [9.17, 15) is 4.79 Å². The van der Waals surface area contributed by atoms with Crippen LogP contribution in [0.2, 0.25) is 10.0 Å². The number of halogens is 2. The number of nitrogens with zero attached hydrogens (tertiary/aromatic N) is 1. The Labute approximate surface area is 90.8 Å². The second kappa shape index (κ2) is 4.32. The molecule has 0 aliphatic heterocycles. The number of carbonyl (C=O) groups is 1. The van der Waals surface area contributed by atoms with Crippen molar-refractivity contribution in [2.75, 3.05) is 0 Å². The van der Waals surface area contributed by atoms with Crippen molar-refractivity contribution in [3.8, 4) is 11.8 Å². The van der Waals surface area contributed by atoms with Crippen molar-refractivity contribution in [1.82, 2.24) is 0 Å². The molecule has 1 aromatic rings. The fourth-order valence-electron chi connectivity index (χ4n) is 0.856. The van der Waals surface area contributed by atoms with Gasteiger partial charge in [0.1, 0.15) is 11.1 Å². The first-order chi connectivity index (χ1) is 6.56. The average molecular weight is 230 g/mol. The summed E-state index contributed by atoms with van der Waals surface area (Å²) in [5.41, 5.74) is 0.215. The lowest BCUT2D eigenvalue weighted by molar-refractivity contribution is -0.131. The minimum Gasteiger partial charge on any atom is -0.423 e. The molecule has 0 bridgehead atoms. The van der Waals surface area contributed by atoms with Gasteiger partial charge in [-0.15, -0.1) is 0 Å². The molecule has 0 aliphatic carbocycles. The molecular formula is C9H5Cl2NO2. The molecule has 0 N–H and O–H groups in total. The van der Waals surface area contributed by atoms with Gasteiger partial charge in [0, 0.05) is 6.92 Å². The zero-order chi connectivity index (χ0) is 10.7. The maximum Gasteiger partial charge on any atom is 0.308 e. The number of rotatable bonds is 1. The molecule has 0 saturated heterocycles. The predicted octanol–water partition coefficient (Wildman–Crippen LogP) is 2.79. The van der Waals surface area contributed by atoms with Crippen LogP contribution in [0.3, 0.4) is 0 Å². The molecule has 0 unspecified atom stereocenters. The Morgan fingerprint density at radius 1 is 1.50 bits per heavy atom. The first-order valence-electron chi connectivity index (χ1n) is 3.62. The van der Waals surface area contributed by atoms with Gasteiger partial charge in [0.25, 0.3) is 0 Å². The Kier molecular flexibility index (Phi) is 3.34. The number of benzene rings is 1. The number of ether oxygens (including phenoxy) is 1. The van der Waals surface area contributed by atoms with Crippen LogP contribution < -0.4 is 4.74 Å². The van der Waals surface area contributed by atoms with Gasteiger partial charge >= 0.3 is 5.97 Å². The molecule has 0 radical (unpaired) electrons. The third kappa shape index (κ3) is 2.16. The summed E-state index contributed by atoms with van der Waals surface area (Å²) >= 11 is 11.5. The predicted molar refractivity (Wildman–Crippen MR) is 52.5 cm³/mol. The molecule has 0 spiro atoms. The van der Waals surface area contributed by atoms with Crippen LogP contribution in [0.1, 0.15) is 12.5 Å². The second-order valence-electron chi connectivity index (χ2n) is 2.44. The molecule has 0 heterocycles. The minimum absolute atomic E-state index is 0.0277. The molecule has 5 heteroatoms. The largest absolute Gasteiger partial charge is 0.423 e. The van der Waals surface area contributed by atoms with Crippen molar-refractivity contribution in [3.63, 3.8) is 0 Å². The Hall–Kier alpha value is -1.24. The Balaban J connectivity index is 3.27. The summed E-state index contributed by atoms with van der Waals surface area (Å²) in [6.45, 7) is 1.23. The molecule has 72 valence electrons. The van der Waals surface area contributed by atoms with Crippen molar-refractivity contribution in [2.45, 2.75) is 6.92 Å². The van der Waals surface area contributed by atoms with E-state index in [0.29, 0.717) is 0 Å². The number of hydrogen-bond acceptors (Lipinski definition) is 3. The SMILES string of the molecule is CC(=O)Oc1c(Cl)ccc(C#N)c1Cl. The van der Waals surface area contributed by atoms with Crippen LogP contribution in [0.5, 0.6) is 5.75 Å². The van der Waals surface area contributed by atoms with Crippen LogP contribution in [0, 0.1) is 11.3 Å². The van der Waals surface area contributed by atoms with E-state index in [0.717, 1.165) is 0 Å². The number of hydrogen-bond donors (Lipinski definition) is 0. The van der Waals surface area contributed by atoms with Crippen LogP contribution in [-0.4, -0.2) is 5.97 Å². The van der Waals surface area contributed by atoms with Gasteiger partial charge in [0.05, 0.1) is 10.6 Å². The molecule has 0 aliphatic rings. The Morgan fingerprint density at radius 2 is 2.14 bits per heavy atom. The molecule has 3 nitrogen and oxygen atoms in total. The minimum atomic E-state index is -0.538. The summed E-state index contributed by atoms with van der Waals surface area (Å²) in [6.07, 6.45) is 0. The van der Waals surface area contributed by atoms with Crippen molar-refractivity contribution in [3.05, 3.63) is 27.7 Å². The third-order valence-electron chi connectivity index (χ3n) is 1.42. The summed E-state index contributed by atoms with van der Waals surface area (Å²) in [4.78, 5) is 10.7. The zero-order valence-electron chi connectivity index (χ0n) is 7.17. The maximum absolute atomic E-state index is 10.7. The molecule has 0 fully saturated rings. The summed E-state index contributed by atoms with van der Waals surface area (Å²) in [5.74, 6) is -0.510. The molecule has 0 atom stereocenters. The quantitative estimate of drug-likeness (QED) is 0.550. The van der Waals surface area contributed by atoms with Gasteiger partial charge in [-0.2, -0.15) is 5.26 Å². The monoisotopic (exact) mass is 229 g/mol. The van der Waals surface area contributed by atoms with E-state index in [2.05, 4.69) is 0 Å². The molecule has 1 aromatic carbocycles. The molecule has 0 amide bonds. The highest BCUT2D eigenvalue weighted by Gasteiger charge is 2.13. The number of nitriles is 1. The molecule has 0 aromatic heterocycles. The van der Waals surface area contributed by atoms with Gasteiger partial charge in [-0.1, -0.05) is 23.2 Å². The van der Waals surface area contributed by atoms with Gasteiger partial charge < -0.3 is 4.74 Å². The van der Waals surface area contributed by atoms with E-state index < -0.39 is 5.97 Å². The number of carbonyl (C=O) groups excluding carboxylic acids is 1. The molecule has 14 heavy (non-hydrogen) atoms. The van der Waals surface area contributed by atoms with Gasteiger partial charge in [-0.05, 0) is 12.1 Å². The van der Waals surface area contributed by atoms with E-state index in [4.69, 9.17) is 33.2 Å². The number of esters is 1. The lowest BCUT2D eigenvalue weighted by atomic mass is 10.2. The summed E-state index contributed by atoms with van der Waals surface area (Å²) in [6, 6.07) is 4.76. The molecule has 0 saturated carbocycles. The molecule has 1 rings (SSSR count). The Bertz CT molecular complexity index is 424. The standard InChI is InChI=1S/C9H5Cl2NO2/c1-5(13)14-9-7(10)3-2-6(4-12)8(9)11/h2-3H,1H3. The second-order valence-corrected chi connectivity index (χ2v) is 3.23. The van der Waals surface area contributed by atoms with Crippen LogP contribution in [-0.2, 0) is 4.79 Å². The van der Waals surface area contributed by atoms with Crippen LogP contribution in [0.25, 0.3) is 0 Å². The van der Waals surface area contributed by atoms with Crippen molar-refractivity contribution < 1.29 is 9.53 Å². The highest BCUT2D eigenvalue weighted by Crippen LogP contribution is 2.35. The lowest BCUT2D eigenvalue weighted by Gasteiger charge is -2.06. The zero-order valence-corrected chi connectivity index (χ0v) is 8.69. The van der Waals surface area contributed by atoms with Gasteiger partial charge in [0.2, 0.25) is 0 Å². The fraction of sp³-hybridized carbons (Fsp3) is 0.111. The topological polar surface area (TPSA) is 50.1 Å². The van der Waals surface area contributed by atoms with E-state index in [1.807, 2.05) is 6.07 Å². The fourth-order valence-corrected chi connectivity index (χ4v) is 1.35. The average Bonchev–Trinajstić information content (AvgIpc) is 2.12. The van der Waals surface area contributed by atoms with Crippen molar-refractivity contribution >= 4 is 29.2 Å². The Morgan fingerprint density at radius 3 is 2.64 bits per heavy atom. The summed E-state index contributed by atoms with van der Waals surface area (Å²) < 4.78 is 4.76. The van der Waals surface area contributed by atoms with Gasteiger partial charge in [0.15, 0.2) is 5.75 Å². The van der Waals surface area contributed by atoms with Gasteiger partial charge in [-0.3, -0.25) is 4.79 Å². The van der Waals surface area contributed by atoms with E-state index in [-0.39, 0.29) is 21.4 Å². The smallest absolute Gasteiger partial charge is 0.308 e. The molecular weight excluding hydrogens is 225 g/mol. The van der Waals surface area contributed by atoms with Crippen molar-refractivity contribution in [2.24, 2.45) is 0 Å². The highest BCUT2D eigenvalue weighted by atomic mass is 35.5. The van der Waals surface area contributed by atoms with Crippen LogP contribution >= 0.6 is 23.2 Å². The van der Waals surface area contributed by atoms with E-state index >= 15 is 0 Å². The summed E-state index contributed by atoms with van der Waals surface area (Å²) in [7, 11) is 0. The lowest BCUT2D eigenvalue weighted by Crippen LogP contribution is -2.03. The normalized spacial score (nSPS) is 9.29. The maximum atomic E-state index is 10.7. The van der Waals surface area contributed by atoms with Crippen LogP contribution in [0.4, 0.5) is 0 Å². The first-order valence-corrected chi connectivity index (χ1v) is 4.38. The van der Waals surface area contributed by atoms with Crippen molar-refractivity contribution in [1.29, 1.82) is 5.26 Å². The van der Waals surface area contributed by atoms with E-state index in [1.165, 1.54) is 19.1 Å². The summed E-state index contributed by atoms with van der Waals surface area (Å²) in [5, 5.41) is 8.90. The first kappa shape index (κ1) is 10.8. The van der Waals surface area contributed by atoms with Gasteiger partial charge in [-0.25, -0.2) is 0 Å².